The molecule has 0 saturated heterocycles. The molecule has 0 saturated carbocycles. The molecule has 2 amide bonds. The van der Waals surface area contributed by atoms with E-state index in [1.54, 1.807) is 26.0 Å². The van der Waals surface area contributed by atoms with Crippen molar-refractivity contribution in [3.05, 3.63) is 78.8 Å². The zero-order valence-corrected chi connectivity index (χ0v) is 24.2. The quantitative estimate of drug-likeness (QED) is 0.187. The molecule has 0 atom stereocenters. The van der Waals surface area contributed by atoms with E-state index in [9.17, 15) is 4.79 Å². The van der Waals surface area contributed by atoms with Crippen LogP contribution in [0.1, 0.15) is 25.5 Å². The van der Waals surface area contributed by atoms with Crippen LogP contribution in [-0.4, -0.2) is 47.1 Å². The number of hydrogen-bond donors (Lipinski definition) is 2. The average Bonchev–Trinajstić information content (AvgIpc) is 3.40. The number of anilines is 2. The number of ether oxygens (including phenoxy) is 3. The number of urea groups is 1. The van der Waals surface area contributed by atoms with Gasteiger partial charge in [-0.25, -0.2) is 19.4 Å². The molecule has 5 rings (SSSR count). The van der Waals surface area contributed by atoms with Gasteiger partial charge in [0, 0.05) is 28.1 Å². The van der Waals surface area contributed by atoms with Crippen LogP contribution in [0.4, 0.5) is 16.3 Å². The number of methoxy groups -OCH3 is 3. The average molecular weight is 571 g/mol. The molecule has 11 heteroatoms. The van der Waals surface area contributed by atoms with Gasteiger partial charge in [0.05, 0.1) is 38.2 Å². The topological polar surface area (TPSA) is 112 Å². The number of carbonyl (C=O) groups excluding carboxylic acids is 1. The number of amides is 2. The van der Waals surface area contributed by atoms with Crippen LogP contribution < -0.4 is 24.8 Å². The lowest BCUT2D eigenvalue weighted by Gasteiger charge is -2.12. The van der Waals surface area contributed by atoms with Crippen LogP contribution in [0.15, 0.2) is 83.0 Å². The first-order valence-electron chi connectivity index (χ1n) is 12.9. The van der Waals surface area contributed by atoms with Crippen molar-refractivity contribution in [3.8, 4) is 22.9 Å². The molecule has 2 N–H and O–H groups in total. The fraction of sp³-hybridized carbons (Fsp3) is 0.200. The highest BCUT2D eigenvalue weighted by atomic mass is 32.2. The van der Waals surface area contributed by atoms with E-state index in [-0.39, 0.29) is 11.9 Å². The van der Waals surface area contributed by atoms with Crippen molar-refractivity contribution >= 4 is 40.2 Å². The maximum Gasteiger partial charge on any atom is 0.324 e. The number of nitrogens with zero attached hydrogens (tertiary/aromatic N) is 4. The summed E-state index contributed by atoms with van der Waals surface area (Å²) in [4.78, 5) is 22.8. The monoisotopic (exact) mass is 570 g/mol. The smallest absolute Gasteiger partial charge is 0.324 e. The Bertz CT molecular complexity index is 1690. The second-order valence-electron chi connectivity index (χ2n) is 9.33. The van der Waals surface area contributed by atoms with Gasteiger partial charge in [0.2, 0.25) is 0 Å². The van der Waals surface area contributed by atoms with Gasteiger partial charge in [-0.3, -0.25) is 5.32 Å². The normalized spacial score (nSPS) is 11.0. The Balaban J connectivity index is 1.35. The van der Waals surface area contributed by atoms with Crippen molar-refractivity contribution in [2.45, 2.75) is 29.7 Å². The molecule has 3 aromatic carbocycles. The highest BCUT2D eigenvalue weighted by molar-refractivity contribution is 7.99. The lowest BCUT2D eigenvalue weighted by molar-refractivity contribution is 0.262. The summed E-state index contributed by atoms with van der Waals surface area (Å²) >= 11 is 1.46. The van der Waals surface area contributed by atoms with Gasteiger partial charge in [-0.2, -0.15) is 5.10 Å². The Hall–Kier alpha value is -4.77. The predicted octanol–water partition coefficient (Wildman–Crippen LogP) is 6.76. The van der Waals surface area contributed by atoms with Crippen LogP contribution in [0.3, 0.4) is 0 Å². The summed E-state index contributed by atoms with van der Waals surface area (Å²) in [6.45, 7) is 4.11. The third-order valence-corrected chi connectivity index (χ3v) is 7.30. The Morgan fingerprint density at radius 1 is 0.878 bits per heavy atom. The molecule has 10 nitrogen and oxygen atoms in total. The second-order valence-corrected chi connectivity index (χ2v) is 10.4. The molecule has 41 heavy (non-hydrogen) atoms. The fourth-order valence-corrected chi connectivity index (χ4v) is 5.09. The summed E-state index contributed by atoms with van der Waals surface area (Å²) in [6, 6.07) is 20.2. The van der Waals surface area contributed by atoms with Crippen molar-refractivity contribution in [2.24, 2.45) is 0 Å². The summed E-state index contributed by atoms with van der Waals surface area (Å²) in [6.07, 6.45) is 1.52. The van der Waals surface area contributed by atoms with Crippen molar-refractivity contribution < 1.29 is 19.0 Å². The van der Waals surface area contributed by atoms with Crippen molar-refractivity contribution in [1.29, 1.82) is 0 Å². The Morgan fingerprint density at radius 3 is 2.34 bits per heavy atom. The van der Waals surface area contributed by atoms with E-state index in [0.717, 1.165) is 38.0 Å². The third kappa shape index (κ3) is 6.20. The van der Waals surface area contributed by atoms with Crippen molar-refractivity contribution in [1.82, 2.24) is 19.7 Å². The van der Waals surface area contributed by atoms with E-state index in [0.29, 0.717) is 23.0 Å². The first-order chi connectivity index (χ1) is 19.9. The van der Waals surface area contributed by atoms with Gasteiger partial charge >= 0.3 is 6.03 Å². The Labute approximate surface area is 242 Å². The molecule has 210 valence electrons. The molecule has 0 aliphatic carbocycles. The molecular formula is C30H30N6O4S. The predicted molar refractivity (Wildman–Crippen MR) is 160 cm³/mol. The summed E-state index contributed by atoms with van der Waals surface area (Å²) in [5.74, 6) is 2.67. The van der Waals surface area contributed by atoms with Gasteiger partial charge in [-0.05, 0) is 54.4 Å². The number of benzene rings is 3. The van der Waals surface area contributed by atoms with Gasteiger partial charge in [0.15, 0.2) is 11.5 Å². The summed E-state index contributed by atoms with van der Waals surface area (Å²) in [7, 11) is 4.80. The molecule has 0 unspecified atom stereocenters. The van der Waals surface area contributed by atoms with Gasteiger partial charge in [-0.1, -0.05) is 31.7 Å². The molecule has 2 aromatic heterocycles. The summed E-state index contributed by atoms with van der Waals surface area (Å²) in [5.41, 5.74) is 3.03. The van der Waals surface area contributed by atoms with E-state index in [1.165, 1.54) is 18.1 Å². The Morgan fingerprint density at radius 2 is 1.63 bits per heavy atom. The SMILES string of the molecule is COc1ccc(-n2nc(C(C)C)cc2NC(=O)Nc2cccc(Sc3ncnc4cc(OC)c(OC)cc34)c2)cc1. The van der Waals surface area contributed by atoms with E-state index < -0.39 is 0 Å². The van der Waals surface area contributed by atoms with E-state index in [4.69, 9.17) is 19.3 Å². The number of rotatable bonds is 9. The van der Waals surface area contributed by atoms with Crippen LogP contribution in [0, 0.1) is 0 Å². The molecule has 0 aliphatic rings. The van der Waals surface area contributed by atoms with Crippen LogP contribution >= 0.6 is 11.8 Å². The lowest BCUT2D eigenvalue weighted by Crippen LogP contribution is -2.21. The van der Waals surface area contributed by atoms with Gasteiger partial charge in [0.25, 0.3) is 0 Å². The maximum atomic E-state index is 13.1. The molecule has 0 radical (unpaired) electrons. The standard InChI is InChI=1S/C30H30N6O4S/c1-18(2)24-16-28(36(35-24)20-9-11-21(38-3)12-10-20)34-30(37)33-19-7-6-8-22(13-19)41-29-23-14-26(39-4)27(40-5)15-25(23)31-17-32-29/h6-18H,1-5H3,(H2,33,34,37). The van der Waals surface area contributed by atoms with Crippen molar-refractivity contribution in [3.63, 3.8) is 0 Å². The van der Waals surface area contributed by atoms with Gasteiger partial charge < -0.3 is 19.5 Å². The van der Waals surface area contributed by atoms with Gasteiger partial charge in [0.1, 0.15) is 22.9 Å². The molecule has 2 heterocycles. The highest BCUT2D eigenvalue weighted by Gasteiger charge is 2.16. The van der Waals surface area contributed by atoms with Crippen LogP contribution in [0.2, 0.25) is 0 Å². The zero-order chi connectivity index (χ0) is 28.9. The fourth-order valence-electron chi connectivity index (χ4n) is 4.16. The largest absolute Gasteiger partial charge is 0.497 e. The summed E-state index contributed by atoms with van der Waals surface area (Å²) in [5, 5.41) is 12.2. The lowest BCUT2D eigenvalue weighted by atomic mass is 10.1. The van der Waals surface area contributed by atoms with E-state index in [2.05, 4.69) is 34.4 Å². The van der Waals surface area contributed by atoms with Crippen LogP contribution in [-0.2, 0) is 0 Å². The summed E-state index contributed by atoms with van der Waals surface area (Å²) < 4.78 is 17.9. The van der Waals surface area contributed by atoms with E-state index >= 15 is 0 Å². The Kier molecular flexibility index (Phi) is 8.25. The minimum atomic E-state index is -0.388. The molecule has 0 spiro atoms. The first kappa shape index (κ1) is 27.8. The number of fused-ring (bicyclic) bond motifs is 1. The maximum absolute atomic E-state index is 13.1. The number of nitrogens with one attached hydrogen (secondary N) is 2. The molecule has 0 aliphatic heterocycles. The zero-order valence-electron chi connectivity index (χ0n) is 23.3. The number of carbonyl (C=O) groups is 1. The molecular weight excluding hydrogens is 540 g/mol. The molecule has 5 aromatic rings. The van der Waals surface area contributed by atoms with Crippen molar-refractivity contribution in [2.75, 3.05) is 32.0 Å². The third-order valence-electron chi connectivity index (χ3n) is 6.29. The van der Waals surface area contributed by atoms with Crippen LogP contribution in [0.5, 0.6) is 17.2 Å². The molecule has 0 bridgehead atoms. The van der Waals surface area contributed by atoms with Crippen LogP contribution in [0.25, 0.3) is 16.6 Å². The highest BCUT2D eigenvalue weighted by Crippen LogP contribution is 2.37. The first-order valence-corrected chi connectivity index (χ1v) is 13.7. The molecule has 0 fully saturated rings. The minimum Gasteiger partial charge on any atom is -0.497 e. The number of hydrogen-bond acceptors (Lipinski definition) is 8. The minimum absolute atomic E-state index is 0.186. The number of aromatic nitrogens is 4. The van der Waals surface area contributed by atoms with E-state index in [1.807, 2.05) is 66.7 Å². The second kappa shape index (κ2) is 12.2. The van der Waals surface area contributed by atoms with Gasteiger partial charge in [-0.15, -0.1) is 0 Å².